The van der Waals surface area contributed by atoms with Gasteiger partial charge in [-0.2, -0.15) is 0 Å². The Labute approximate surface area is 210 Å². The lowest BCUT2D eigenvalue weighted by Gasteiger charge is -2.42. The molecule has 0 unspecified atom stereocenters. The fourth-order valence-corrected chi connectivity index (χ4v) is 6.56. The number of pyridine rings is 1. The highest BCUT2D eigenvalue weighted by molar-refractivity contribution is 7.09. The van der Waals surface area contributed by atoms with E-state index in [1.54, 1.807) is 17.5 Å². The zero-order valence-electron chi connectivity index (χ0n) is 20.2. The third kappa shape index (κ3) is 4.47. The number of piperidine rings is 2. The van der Waals surface area contributed by atoms with Gasteiger partial charge < -0.3 is 10.2 Å². The maximum absolute atomic E-state index is 13.9. The van der Waals surface area contributed by atoms with Gasteiger partial charge >= 0.3 is 6.03 Å². The first-order chi connectivity index (χ1) is 17.0. The van der Waals surface area contributed by atoms with Crippen molar-refractivity contribution in [1.82, 2.24) is 25.0 Å². The standard InChI is InChI=1S/C26H33N5O3S/c1-29-14-5-3-8-21(29)23(32)30-15-10-19(11-16-30)26(22-9-2-4-13-27-22)24(33)31(25(34)28-26)17-12-20-7-6-18-35-20/h2,4,6-7,9,13,18-19,21H,3,5,8,10-12,14-17H2,1H3,(H,28,34)/t21-,26-/m0/s1. The van der Waals surface area contributed by atoms with Gasteiger partial charge in [0, 0.05) is 36.6 Å². The van der Waals surface area contributed by atoms with E-state index in [1.807, 2.05) is 47.7 Å². The highest BCUT2D eigenvalue weighted by Crippen LogP contribution is 2.41. The van der Waals surface area contributed by atoms with Crippen LogP contribution in [0.1, 0.15) is 42.7 Å². The molecule has 8 nitrogen and oxygen atoms in total. The van der Waals surface area contributed by atoms with E-state index in [9.17, 15) is 14.4 Å². The van der Waals surface area contributed by atoms with Crippen LogP contribution in [0.15, 0.2) is 41.9 Å². The normalized spacial score (nSPS) is 26.3. The van der Waals surface area contributed by atoms with Crippen LogP contribution in [0.5, 0.6) is 0 Å². The fourth-order valence-electron chi connectivity index (χ4n) is 5.86. The first-order valence-electron chi connectivity index (χ1n) is 12.6. The van der Waals surface area contributed by atoms with Gasteiger partial charge in [-0.15, -0.1) is 11.3 Å². The van der Waals surface area contributed by atoms with Crippen molar-refractivity contribution in [3.63, 3.8) is 0 Å². The summed E-state index contributed by atoms with van der Waals surface area (Å²) in [7, 11) is 2.03. The largest absolute Gasteiger partial charge is 0.341 e. The molecule has 0 aliphatic carbocycles. The maximum atomic E-state index is 13.9. The Morgan fingerprint density at radius 3 is 2.63 bits per heavy atom. The van der Waals surface area contributed by atoms with Gasteiger partial charge in [0.2, 0.25) is 5.91 Å². The molecule has 0 radical (unpaired) electrons. The van der Waals surface area contributed by atoms with Crippen molar-refractivity contribution in [2.24, 2.45) is 5.92 Å². The van der Waals surface area contributed by atoms with E-state index in [2.05, 4.69) is 15.2 Å². The van der Waals surface area contributed by atoms with Gasteiger partial charge in [-0.3, -0.25) is 24.4 Å². The molecule has 3 fully saturated rings. The SMILES string of the molecule is CN1CCCC[C@H]1C(=O)N1CCC([C@@]2(c3ccccn3)NC(=O)N(CCc3cccs3)C2=O)CC1. The number of nitrogens with one attached hydrogen (secondary N) is 1. The minimum atomic E-state index is -1.19. The van der Waals surface area contributed by atoms with Gasteiger partial charge in [-0.1, -0.05) is 18.6 Å². The van der Waals surface area contributed by atoms with Gasteiger partial charge in [0.05, 0.1) is 11.7 Å². The molecule has 1 N–H and O–H groups in total. The third-order valence-corrected chi connectivity index (χ3v) is 8.77. The molecular formula is C26H33N5O3S. The van der Waals surface area contributed by atoms with Crippen LogP contribution in [-0.2, 0) is 21.5 Å². The van der Waals surface area contributed by atoms with Crippen molar-refractivity contribution in [3.8, 4) is 0 Å². The Hall–Kier alpha value is -2.78. The molecule has 3 saturated heterocycles. The topological polar surface area (TPSA) is 85.8 Å². The van der Waals surface area contributed by atoms with E-state index in [1.165, 1.54) is 4.90 Å². The lowest BCUT2D eigenvalue weighted by molar-refractivity contribution is -0.140. The number of carbonyl (C=O) groups excluding carboxylic acids is 3. The molecule has 5 rings (SSSR count). The molecule has 0 spiro atoms. The Kier molecular flexibility index (Phi) is 6.88. The molecule has 0 aromatic carbocycles. The van der Waals surface area contributed by atoms with Crippen molar-refractivity contribution in [1.29, 1.82) is 0 Å². The smallest absolute Gasteiger partial charge is 0.325 e. The van der Waals surface area contributed by atoms with E-state index < -0.39 is 5.54 Å². The minimum absolute atomic E-state index is 0.0504. The van der Waals surface area contributed by atoms with Crippen LogP contribution in [0.3, 0.4) is 0 Å². The molecule has 2 atom stereocenters. The van der Waals surface area contributed by atoms with Crippen LogP contribution in [0.2, 0.25) is 0 Å². The van der Waals surface area contributed by atoms with Crippen molar-refractivity contribution in [2.45, 2.75) is 50.1 Å². The molecule has 2 aromatic rings. The van der Waals surface area contributed by atoms with Crippen LogP contribution < -0.4 is 5.32 Å². The van der Waals surface area contributed by atoms with Crippen molar-refractivity contribution < 1.29 is 14.4 Å². The Morgan fingerprint density at radius 2 is 1.94 bits per heavy atom. The van der Waals surface area contributed by atoms with Gasteiger partial charge in [0.15, 0.2) is 5.54 Å². The van der Waals surface area contributed by atoms with E-state index in [-0.39, 0.29) is 29.8 Å². The molecule has 186 valence electrons. The summed E-state index contributed by atoms with van der Waals surface area (Å²) in [6.07, 6.45) is 6.72. The monoisotopic (exact) mass is 495 g/mol. The molecule has 0 saturated carbocycles. The van der Waals surface area contributed by atoms with E-state index in [0.717, 1.165) is 30.7 Å². The molecule has 5 heterocycles. The van der Waals surface area contributed by atoms with E-state index in [4.69, 9.17) is 0 Å². The number of amides is 4. The Morgan fingerprint density at radius 1 is 1.11 bits per heavy atom. The molecule has 3 aliphatic rings. The fraction of sp³-hybridized carbons (Fsp3) is 0.538. The van der Waals surface area contributed by atoms with Crippen molar-refractivity contribution in [3.05, 3.63) is 52.5 Å². The summed E-state index contributed by atoms with van der Waals surface area (Å²) in [4.78, 5) is 51.4. The number of rotatable bonds is 6. The van der Waals surface area contributed by atoms with E-state index >= 15 is 0 Å². The highest BCUT2D eigenvalue weighted by Gasteiger charge is 2.58. The summed E-state index contributed by atoms with van der Waals surface area (Å²) in [6.45, 7) is 2.46. The summed E-state index contributed by atoms with van der Waals surface area (Å²) in [5.74, 6) is -0.167. The number of likely N-dealkylation sites (tertiary alicyclic amines) is 2. The summed E-state index contributed by atoms with van der Waals surface area (Å²) >= 11 is 1.62. The number of hydrogen-bond acceptors (Lipinski definition) is 6. The molecule has 4 amide bonds. The quantitative estimate of drug-likeness (QED) is 0.623. The number of aromatic nitrogens is 1. The summed E-state index contributed by atoms with van der Waals surface area (Å²) in [6, 6.07) is 9.08. The van der Waals surface area contributed by atoms with Gasteiger partial charge in [-0.25, -0.2) is 4.79 Å². The summed E-state index contributed by atoms with van der Waals surface area (Å²) in [5, 5.41) is 5.06. The van der Waals surface area contributed by atoms with Crippen LogP contribution >= 0.6 is 11.3 Å². The van der Waals surface area contributed by atoms with Gasteiger partial charge in [0.1, 0.15) is 0 Å². The number of hydrogen-bond donors (Lipinski definition) is 1. The molecular weight excluding hydrogens is 462 g/mol. The molecule has 35 heavy (non-hydrogen) atoms. The maximum Gasteiger partial charge on any atom is 0.325 e. The molecule has 0 bridgehead atoms. The molecule has 9 heteroatoms. The van der Waals surface area contributed by atoms with E-state index in [0.29, 0.717) is 44.6 Å². The van der Waals surface area contributed by atoms with Gasteiger partial charge in [0.25, 0.3) is 5.91 Å². The van der Waals surface area contributed by atoms with Crippen LogP contribution in [0, 0.1) is 5.92 Å². The number of thiophene rings is 1. The Bertz CT molecular complexity index is 1050. The number of imide groups is 1. The Balaban J connectivity index is 1.34. The first kappa shape index (κ1) is 23.9. The predicted molar refractivity (Wildman–Crippen MR) is 134 cm³/mol. The van der Waals surface area contributed by atoms with Gasteiger partial charge in [-0.05, 0) is 69.3 Å². The van der Waals surface area contributed by atoms with Crippen molar-refractivity contribution >= 4 is 29.2 Å². The number of likely N-dealkylation sites (N-methyl/N-ethyl adjacent to an activating group) is 1. The second-order valence-corrected chi connectivity index (χ2v) is 10.9. The second-order valence-electron chi connectivity index (χ2n) is 9.83. The zero-order chi connectivity index (χ0) is 24.4. The van der Waals surface area contributed by atoms with Crippen molar-refractivity contribution in [2.75, 3.05) is 33.2 Å². The molecule has 3 aliphatic heterocycles. The lowest BCUT2D eigenvalue weighted by atomic mass is 9.75. The minimum Gasteiger partial charge on any atom is -0.341 e. The average Bonchev–Trinajstić information content (AvgIpc) is 3.50. The lowest BCUT2D eigenvalue weighted by Crippen LogP contribution is -2.56. The van der Waals surface area contributed by atoms with Crippen LogP contribution in [0.4, 0.5) is 4.79 Å². The predicted octanol–water partition coefficient (Wildman–Crippen LogP) is 2.86. The average molecular weight is 496 g/mol. The number of urea groups is 1. The first-order valence-corrected chi connectivity index (χ1v) is 13.5. The summed E-state index contributed by atoms with van der Waals surface area (Å²) < 4.78 is 0. The number of carbonyl (C=O) groups is 3. The summed E-state index contributed by atoms with van der Waals surface area (Å²) in [5.41, 5.74) is -0.612. The highest BCUT2D eigenvalue weighted by atomic mass is 32.1. The van der Waals surface area contributed by atoms with Crippen LogP contribution in [0.25, 0.3) is 0 Å². The number of nitrogens with zero attached hydrogens (tertiary/aromatic N) is 4. The molecule has 2 aromatic heterocycles. The third-order valence-electron chi connectivity index (χ3n) is 7.84. The zero-order valence-corrected chi connectivity index (χ0v) is 21.0. The van der Waals surface area contributed by atoms with Crippen LogP contribution in [-0.4, -0.2) is 76.8 Å². The second kappa shape index (κ2) is 10.1.